The topological polar surface area (TPSA) is 39.3 Å². The zero-order valence-corrected chi connectivity index (χ0v) is 18.7. The Labute approximate surface area is 188 Å². The Balaban J connectivity index is 1.45. The van der Waals surface area contributed by atoms with E-state index in [9.17, 15) is 9.18 Å². The Morgan fingerprint density at radius 2 is 1.91 bits per heavy atom. The largest absolute Gasteiger partial charge is 0.348 e. The fourth-order valence-electron chi connectivity index (χ4n) is 7.19. The van der Waals surface area contributed by atoms with Gasteiger partial charge in [0.05, 0.1) is 11.6 Å². The van der Waals surface area contributed by atoms with Crippen molar-refractivity contribution >= 4 is 16.8 Å². The van der Waals surface area contributed by atoms with Crippen molar-refractivity contribution in [2.45, 2.75) is 63.2 Å². The lowest BCUT2D eigenvalue weighted by Gasteiger charge is -2.53. The Morgan fingerprint density at radius 1 is 1.12 bits per heavy atom. The maximum Gasteiger partial charge on any atom is 0.270 e. The van der Waals surface area contributed by atoms with Crippen LogP contribution in [0.5, 0.6) is 0 Å². The van der Waals surface area contributed by atoms with Crippen LogP contribution in [0.25, 0.3) is 10.9 Å². The molecule has 3 heterocycles. The third-order valence-electron chi connectivity index (χ3n) is 8.64. The molecule has 1 N–H and O–H groups in total. The number of carbonyl (C=O) groups is 1. The number of nitrogens with zero attached hydrogens (tertiary/aromatic N) is 2. The first-order valence-electron chi connectivity index (χ1n) is 11.8. The van der Waals surface area contributed by atoms with Gasteiger partial charge in [0, 0.05) is 28.9 Å². The molecule has 1 saturated carbocycles. The van der Waals surface area contributed by atoms with Gasteiger partial charge in [0.2, 0.25) is 0 Å². The second-order valence-electron chi connectivity index (χ2n) is 10.3. The van der Waals surface area contributed by atoms with Crippen molar-refractivity contribution in [2.24, 2.45) is 5.41 Å². The number of nitrogens with one attached hydrogen (secondary N) is 1. The van der Waals surface area contributed by atoms with E-state index in [1.807, 2.05) is 18.2 Å². The molecule has 3 aromatic rings. The molecule has 2 aliphatic heterocycles. The van der Waals surface area contributed by atoms with Gasteiger partial charge in [-0.05, 0) is 56.8 Å². The average molecular weight is 432 g/mol. The molecule has 6 rings (SSSR count). The molecule has 0 unspecified atom stereocenters. The van der Waals surface area contributed by atoms with Crippen LogP contribution in [0.15, 0.2) is 54.6 Å². The predicted molar refractivity (Wildman–Crippen MR) is 124 cm³/mol. The number of aromatic nitrogens is 1. The van der Waals surface area contributed by atoms with Crippen molar-refractivity contribution in [3.63, 3.8) is 0 Å². The maximum atomic E-state index is 14.4. The zero-order valence-electron chi connectivity index (χ0n) is 18.7. The van der Waals surface area contributed by atoms with Gasteiger partial charge in [0.25, 0.3) is 5.91 Å². The van der Waals surface area contributed by atoms with E-state index in [1.165, 1.54) is 18.1 Å². The van der Waals surface area contributed by atoms with Gasteiger partial charge in [-0.25, -0.2) is 4.39 Å². The first kappa shape index (κ1) is 20.0. The van der Waals surface area contributed by atoms with E-state index in [2.05, 4.69) is 53.0 Å². The number of hydrogen-bond acceptors (Lipinski definition) is 2. The van der Waals surface area contributed by atoms with Gasteiger partial charge in [0.15, 0.2) is 0 Å². The fourth-order valence-corrected chi connectivity index (χ4v) is 7.19. The molecule has 0 radical (unpaired) electrons. The highest BCUT2D eigenvalue weighted by Crippen LogP contribution is 2.56. The van der Waals surface area contributed by atoms with Crippen molar-refractivity contribution in [3.8, 4) is 0 Å². The number of likely N-dealkylation sites (N-methyl/N-ethyl adjacent to an activating group) is 1. The summed E-state index contributed by atoms with van der Waals surface area (Å²) in [6.45, 7) is 2.39. The van der Waals surface area contributed by atoms with Crippen molar-refractivity contribution in [3.05, 3.63) is 71.7 Å². The molecule has 32 heavy (non-hydrogen) atoms. The lowest BCUT2D eigenvalue weighted by molar-refractivity contribution is -0.0114. The normalized spacial score (nSPS) is 31.9. The van der Waals surface area contributed by atoms with E-state index < -0.39 is 0 Å². The second kappa shape index (κ2) is 7.17. The Bertz CT molecular complexity index is 1170. The molecule has 2 bridgehead atoms. The highest BCUT2D eigenvalue weighted by atomic mass is 19.1. The number of likely N-dealkylation sites (tertiary alicyclic amines) is 2. The standard InChI is InChI=1S/C27H30FN3O/c1-27-16-22-21(14-17-8-4-3-5-9-17)31(24(27)13-7-12-23(27)30(22)2)26(32)20-15-18-10-6-11-19(28)25(18)29-20/h3-6,8-11,15,21-24,29H,7,12-14,16H2,1-2H3/t21-,22+,23+,24-,27+/m1/s1. The SMILES string of the molecule is CN1[C@H]2CCC[C@H]3N(C(=O)c4cc5cccc(F)c5[nH]4)[C@H](Cc4ccccc4)[C@@H]1C[C@@]23C. The molecule has 5 atom stereocenters. The summed E-state index contributed by atoms with van der Waals surface area (Å²) in [7, 11) is 2.26. The van der Waals surface area contributed by atoms with Gasteiger partial charge >= 0.3 is 0 Å². The van der Waals surface area contributed by atoms with Gasteiger partial charge in [0.1, 0.15) is 11.5 Å². The zero-order chi connectivity index (χ0) is 22.0. The molecule has 0 spiro atoms. The molecule has 1 aliphatic carbocycles. The number of amides is 1. The summed E-state index contributed by atoms with van der Waals surface area (Å²) in [6.07, 6.45) is 5.37. The molecular formula is C27H30FN3O. The van der Waals surface area contributed by atoms with Crippen LogP contribution in [0.2, 0.25) is 0 Å². The van der Waals surface area contributed by atoms with Crippen LogP contribution in [-0.2, 0) is 6.42 Å². The molecule has 5 heteroatoms. The first-order valence-corrected chi connectivity index (χ1v) is 11.8. The van der Waals surface area contributed by atoms with Gasteiger partial charge < -0.3 is 9.88 Å². The smallest absolute Gasteiger partial charge is 0.270 e. The molecule has 166 valence electrons. The number of H-pyrrole nitrogens is 1. The van der Waals surface area contributed by atoms with Crippen LogP contribution in [-0.4, -0.2) is 51.9 Å². The summed E-state index contributed by atoms with van der Waals surface area (Å²) in [4.78, 5) is 22.0. The molecule has 3 aliphatic rings. The number of benzene rings is 2. The number of fused-ring (bicyclic) bond motifs is 2. The van der Waals surface area contributed by atoms with E-state index in [4.69, 9.17) is 0 Å². The number of aromatic amines is 1. The summed E-state index contributed by atoms with van der Waals surface area (Å²) < 4.78 is 14.4. The number of halogens is 1. The lowest BCUT2D eigenvalue weighted by Crippen LogP contribution is -2.62. The Kier molecular flexibility index (Phi) is 4.48. The maximum absolute atomic E-state index is 14.4. The van der Waals surface area contributed by atoms with E-state index in [0.717, 1.165) is 31.1 Å². The summed E-state index contributed by atoms with van der Waals surface area (Å²) >= 11 is 0. The van der Waals surface area contributed by atoms with E-state index in [1.54, 1.807) is 6.07 Å². The van der Waals surface area contributed by atoms with Gasteiger partial charge in [-0.2, -0.15) is 0 Å². The quantitative estimate of drug-likeness (QED) is 0.634. The Morgan fingerprint density at radius 3 is 2.69 bits per heavy atom. The minimum atomic E-state index is -0.314. The Hall–Kier alpha value is -2.66. The third kappa shape index (κ3) is 2.80. The molecule has 3 fully saturated rings. The molecule has 1 amide bonds. The fraction of sp³-hybridized carbons (Fsp3) is 0.444. The molecule has 4 nitrogen and oxygen atoms in total. The highest BCUT2D eigenvalue weighted by Gasteiger charge is 2.62. The summed E-state index contributed by atoms with van der Waals surface area (Å²) in [5.41, 5.74) is 2.28. The number of hydrogen-bond donors (Lipinski definition) is 1. The van der Waals surface area contributed by atoms with Crippen LogP contribution in [0.1, 0.15) is 48.7 Å². The summed E-state index contributed by atoms with van der Waals surface area (Å²) in [6, 6.07) is 18.5. The monoisotopic (exact) mass is 431 g/mol. The minimum absolute atomic E-state index is 0.0124. The number of carbonyl (C=O) groups excluding carboxylic acids is 1. The molecule has 2 aromatic carbocycles. The average Bonchev–Trinajstić information content (AvgIpc) is 3.34. The van der Waals surface area contributed by atoms with Crippen LogP contribution in [0.3, 0.4) is 0 Å². The van der Waals surface area contributed by atoms with Crippen LogP contribution < -0.4 is 0 Å². The van der Waals surface area contributed by atoms with Gasteiger partial charge in [-0.1, -0.05) is 49.4 Å². The third-order valence-corrected chi connectivity index (χ3v) is 8.64. The van der Waals surface area contributed by atoms with Gasteiger partial charge in [-0.3, -0.25) is 9.69 Å². The van der Waals surface area contributed by atoms with Crippen molar-refractivity contribution < 1.29 is 9.18 Å². The second-order valence-corrected chi connectivity index (χ2v) is 10.3. The van der Waals surface area contributed by atoms with Crippen molar-refractivity contribution in [1.82, 2.24) is 14.8 Å². The minimum Gasteiger partial charge on any atom is -0.348 e. The summed E-state index contributed by atoms with van der Waals surface area (Å²) in [5, 5.41) is 0.748. The van der Waals surface area contributed by atoms with Crippen LogP contribution >= 0.6 is 0 Å². The first-order chi connectivity index (χ1) is 15.5. The molecule has 1 aromatic heterocycles. The highest BCUT2D eigenvalue weighted by molar-refractivity contribution is 5.98. The van der Waals surface area contributed by atoms with Crippen molar-refractivity contribution in [1.29, 1.82) is 0 Å². The van der Waals surface area contributed by atoms with E-state index in [0.29, 0.717) is 23.3 Å². The number of para-hydroxylation sites is 1. The van der Waals surface area contributed by atoms with E-state index in [-0.39, 0.29) is 29.2 Å². The molecular weight excluding hydrogens is 401 g/mol. The van der Waals surface area contributed by atoms with E-state index >= 15 is 0 Å². The summed E-state index contributed by atoms with van der Waals surface area (Å²) in [5.74, 6) is -0.302. The number of piperidine rings is 1. The van der Waals surface area contributed by atoms with Crippen molar-refractivity contribution in [2.75, 3.05) is 7.05 Å². The predicted octanol–water partition coefficient (Wildman–Crippen LogP) is 5.01. The lowest BCUT2D eigenvalue weighted by atomic mass is 9.64. The van der Waals surface area contributed by atoms with Crippen LogP contribution in [0, 0.1) is 11.2 Å². The van der Waals surface area contributed by atoms with Gasteiger partial charge in [-0.15, -0.1) is 0 Å². The molecule has 2 saturated heterocycles. The van der Waals surface area contributed by atoms with Crippen LogP contribution in [0.4, 0.5) is 4.39 Å². The number of rotatable bonds is 3.